The number of hydroxylamine groups is 1. The van der Waals surface area contributed by atoms with Crippen LogP contribution in [0.1, 0.15) is 27.2 Å². The standard InChI is InChI=1S/C10H16N2O/c1-6-4-7-8(10(7,2)3)5-9(11-6)12-13/h4,7-8,13H,5H2,1-3H3,(H,11,12). The molecule has 0 amide bonds. The topological polar surface area (TPSA) is 44.6 Å². The van der Waals surface area contributed by atoms with E-state index in [4.69, 9.17) is 5.21 Å². The third-order valence-corrected chi connectivity index (χ3v) is 3.41. The summed E-state index contributed by atoms with van der Waals surface area (Å²) >= 11 is 0. The lowest BCUT2D eigenvalue weighted by molar-refractivity contribution is 0.230. The lowest BCUT2D eigenvalue weighted by Crippen LogP contribution is -2.20. The molecule has 2 aliphatic rings. The smallest absolute Gasteiger partial charge is 0.126 e. The minimum Gasteiger partial charge on any atom is -0.290 e. The minimum atomic E-state index is 0.388. The molecule has 13 heavy (non-hydrogen) atoms. The Morgan fingerprint density at radius 1 is 1.62 bits per heavy atom. The molecular weight excluding hydrogens is 164 g/mol. The molecule has 2 N–H and O–H groups in total. The number of rotatable bonds is 0. The molecule has 3 nitrogen and oxygen atoms in total. The van der Waals surface area contributed by atoms with Crippen molar-refractivity contribution in [3.63, 3.8) is 0 Å². The largest absolute Gasteiger partial charge is 0.290 e. The molecule has 1 aliphatic carbocycles. The number of nitrogens with zero attached hydrogens (tertiary/aromatic N) is 1. The van der Waals surface area contributed by atoms with E-state index in [0.29, 0.717) is 23.1 Å². The Hall–Kier alpha value is -0.830. The first-order valence-corrected chi connectivity index (χ1v) is 4.72. The van der Waals surface area contributed by atoms with Crippen LogP contribution < -0.4 is 5.48 Å². The van der Waals surface area contributed by atoms with Crippen molar-refractivity contribution < 1.29 is 5.21 Å². The Morgan fingerprint density at radius 2 is 2.31 bits per heavy atom. The van der Waals surface area contributed by atoms with Gasteiger partial charge in [-0.3, -0.25) is 10.7 Å². The van der Waals surface area contributed by atoms with E-state index in [0.717, 1.165) is 12.1 Å². The van der Waals surface area contributed by atoms with Gasteiger partial charge in [0, 0.05) is 12.1 Å². The van der Waals surface area contributed by atoms with Crippen molar-refractivity contribution in [1.82, 2.24) is 5.48 Å². The zero-order chi connectivity index (χ0) is 9.64. The summed E-state index contributed by atoms with van der Waals surface area (Å²) in [6.45, 7) is 6.52. The Labute approximate surface area is 78.5 Å². The summed E-state index contributed by atoms with van der Waals surface area (Å²) in [5.41, 5.74) is 3.58. The number of fused-ring (bicyclic) bond motifs is 1. The minimum absolute atomic E-state index is 0.388. The molecule has 2 rings (SSSR count). The quantitative estimate of drug-likeness (QED) is 0.559. The van der Waals surface area contributed by atoms with Gasteiger partial charge in [-0.25, -0.2) is 4.99 Å². The highest BCUT2D eigenvalue weighted by Crippen LogP contribution is 2.61. The van der Waals surface area contributed by atoms with Crippen molar-refractivity contribution in [2.75, 3.05) is 0 Å². The Bertz CT molecular complexity index is 291. The molecule has 1 fully saturated rings. The number of nitrogens with one attached hydrogen (secondary N) is 1. The Balaban J connectivity index is 2.23. The zero-order valence-electron chi connectivity index (χ0n) is 8.33. The average molecular weight is 180 g/mol. The molecule has 1 heterocycles. The van der Waals surface area contributed by atoms with Crippen LogP contribution in [-0.2, 0) is 0 Å². The molecule has 3 heteroatoms. The molecule has 0 saturated heterocycles. The van der Waals surface area contributed by atoms with Crippen LogP contribution in [0.5, 0.6) is 0 Å². The number of hydrogen-bond acceptors (Lipinski definition) is 3. The van der Waals surface area contributed by atoms with E-state index in [9.17, 15) is 0 Å². The van der Waals surface area contributed by atoms with E-state index >= 15 is 0 Å². The summed E-state index contributed by atoms with van der Waals surface area (Å²) < 4.78 is 0. The van der Waals surface area contributed by atoms with Crippen molar-refractivity contribution in [2.24, 2.45) is 22.2 Å². The SMILES string of the molecule is CC1=CC2C(CC(NO)=N1)C2(C)C. The second-order valence-electron chi connectivity index (χ2n) is 4.64. The lowest BCUT2D eigenvalue weighted by Gasteiger charge is -2.06. The summed E-state index contributed by atoms with van der Waals surface area (Å²) in [5, 5.41) is 8.83. The van der Waals surface area contributed by atoms with Crippen molar-refractivity contribution in [3.05, 3.63) is 11.8 Å². The fraction of sp³-hybridized carbons (Fsp3) is 0.700. The maximum absolute atomic E-state index is 8.83. The van der Waals surface area contributed by atoms with Gasteiger partial charge in [-0.05, 0) is 24.2 Å². The number of hydrogen-bond donors (Lipinski definition) is 2. The maximum atomic E-state index is 8.83. The summed E-state index contributed by atoms with van der Waals surface area (Å²) in [4.78, 5) is 4.26. The fourth-order valence-electron chi connectivity index (χ4n) is 2.34. The highest BCUT2D eigenvalue weighted by atomic mass is 16.5. The summed E-state index contributed by atoms with van der Waals surface area (Å²) in [6, 6.07) is 0. The Kier molecular flexibility index (Phi) is 1.74. The fourth-order valence-corrected chi connectivity index (χ4v) is 2.34. The highest BCUT2D eigenvalue weighted by Gasteiger charge is 2.56. The number of aliphatic imine (C=N–C) groups is 1. The second kappa shape index (κ2) is 2.58. The third-order valence-electron chi connectivity index (χ3n) is 3.41. The van der Waals surface area contributed by atoms with Crippen molar-refractivity contribution in [3.8, 4) is 0 Å². The predicted octanol–water partition coefficient (Wildman–Crippen LogP) is 1.94. The molecule has 2 unspecified atom stereocenters. The zero-order valence-corrected chi connectivity index (χ0v) is 8.33. The molecule has 0 bridgehead atoms. The van der Waals surface area contributed by atoms with Crippen LogP contribution in [0.4, 0.5) is 0 Å². The first-order valence-electron chi connectivity index (χ1n) is 4.72. The third kappa shape index (κ3) is 1.27. The van der Waals surface area contributed by atoms with E-state index in [1.165, 1.54) is 0 Å². The molecule has 72 valence electrons. The second-order valence-corrected chi connectivity index (χ2v) is 4.64. The molecule has 0 aromatic carbocycles. The average Bonchev–Trinajstić information content (AvgIpc) is 2.61. The highest BCUT2D eigenvalue weighted by molar-refractivity contribution is 5.83. The molecule has 0 spiro atoms. The van der Waals surface area contributed by atoms with Gasteiger partial charge in [0.2, 0.25) is 0 Å². The van der Waals surface area contributed by atoms with E-state index < -0.39 is 0 Å². The van der Waals surface area contributed by atoms with Gasteiger partial charge in [-0.15, -0.1) is 0 Å². The molecule has 1 saturated carbocycles. The van der Waals surface area contributed by atoms with Crippen LogP contribution in [0.15, 0.2) is 16.8 Å². The maximum Gasteiger partial charge on any atom is 0.126 e. The van der Waals surface area contributed by atoms with Crippen LogP contribution in [-0.4, -0.2) is 11.0 Å². The number of allylic oxidation sites excluding steroid dienone is 2. The van der Waals surface area contributed by atoms with Gasteiger partial charge in [0.1, 0.15) is 5.84 Å². The van der Waals surface area contributed by atoms with Crippen molar-refractivity contribution >= 4 is 5.84 Å². The van der Waals surface area contributed by atoms with E-state index in [2.05, 4.69) is 30.4 Å². The Morgan fingerprint density at radius 3 is 2.92 bits per heavy atom. The molecule has 2 atom stereocenters. The van der Waals surface area contributed by atoms with Gasteiger partial charge in [-0.2, -0.15) is 0 Å². The van der Waals surface area contributed by atoms with E-state index in [1.54, 1.807) is 0 Å². The van der Waals surface area contributed by atoms with Gasteiger partial charge < -0.3 is 0 Å². The summed E-state index contributed by atoms with van der Waals surface area (Å²) in [6.07, 6.45) is 3.08. The molecule has 0 aromatic rings. The summed E-state index contributed by atoms with van der Waals surface area (Å²) in [5.74, 6) is 1.98. The first-order chi connectivity index (χ1) is 6.05. The van der Waals surface area contributed by atoms with Gasteiger partial charge in [0.15, 0.2) is 0 Å². The van der Waals surface area contributed by atoms with E-state index in [1.807, 2.05) is 6.92 Å². The molecular formula is C10H16N2O. The van der Waals surface area contributed by atoms with Gasteiger partial charge >= 0.3 is 0 Å². The summed E-state index contributed by atoms with van der Waals surface area (Å²) in [7, 11) is 0. The molecule has 0 aromatic heterocycles. The van der Waals surface area contributed by atoms with Crippen LogP contribution >= 0.6 is 0 Å². The van der Waals surface area contributed by atoms with E-state index in [-0.39, 0.29) is 0 Å². The first kappa shape index (κ1) is 8.75. The van der Waals surface area contributed by atoms with Crippen LogP contribution in [0.3, 0.4) is 0 Å². The monoisotopic (exact) mass is 180 g/mol. The molecule has 1 aliphatic heterocycles. The number of amidine groups is 1. The van der Waals surface area contributed by atoms with Gasteiger partial charge in [-0.1, -0.05) is 19.9 Å². The molecule has 0 radical (unpaired) electrons. The predicted molar refractivity (Wildman–Crippen MR) is 51.5 cm³/mol. The van der Waals surface area contributed by atoms with Crippen molar-refractivity contribution in [2.45, 2.75) is 27.2 Å². The van der Waals surface area contributed by atoms with Gasteiger partial charge in [0.25, 0.3) is 0 Å². The van der Waals surface area contributed by atoms with Crippen LogP contribution in [0, 0.1) is 17.3 Å². The lowest BCUT2D eigenvalue weighted by atomic mass is 10.1. The normalized spacial score (nSPS) is 35.4. The van der Waals surface area contributed by atoms with Crippen LogP contribution in [0.25, 0.3) is 0 Å². The van der Waals surface area contributed by atoms with Crippen LogP contribution in [0.2, 0.25) is 0 Å². The van der Waals surface area contributed by atoms with Gasteiger partial charge in [0.05, 0.1) is 0 Å². The van der Waals surface area contributed by atoms with Crippen molar-refractivity contribution in [1.29, 1.82) is 0 Å².